The van der Waals surface area contributed by atoms with Crippen LogP contribution in [0, 0.1) is 46.3 Å². The fourth-order valence-corrected chi connectivity index (χ4v) is 15.5. The minimum Gasteiger partial charge on any atom is -0.394 e. The number of hydrogen-bond acceptors (Lipinski definition) is 20. The van der Waals surface area contributed by atoms with E-state index in [1.807, 2.05) is 0 Å². The van der Waals surface area contributed by atoms with Crippen LogP contribution in [0.2, 0.25) is 0 Å². The molecule has 10 aliphatic rings. The van der Waals surface area contributed by atoms with E-state index in [4.69, 9.17) is 47.4 Å². The van der Waals surface area contributed by atoms with Crippen molar-refractivity contribution in [2.24, 2.45) is 46.3 Å². The van der Waals surface area contributed by atoms with Gasteiger partial charge in [0.25, 0.3) is 0 Å². The molecule has 71 heavy (non-hydrogen) atoms. The van der Waals surface area contributed by atoms with Crippen LogP contribution in [-0.4, -0.2) is 205 Å². The molecular formula is C51H82O20. The van der Waals surface area contributed by atoms with Gasteiger partial charge in [0.15, 0.2) is 30.9 Å². The largest absolute Gasteiger partial charge is 0.394 e. The summed E-state index contributed by atoms with van der Waals surface area (Å²) in [5, 5.41) is 109. The average molecular weight is 1020 g/mol. The lowest BCUT2D eigenvalue weighted by atomic mass is 9.47. The molecule has 31 unspecified atom stereocenters. The summed E-state index contributed by atoms with van der Waals surface area (Å²) in [5.74, 6) is 2.69. The standard InChI is InChI=1S/C51H82O20/c1-20-10-15-51(62-19-20)21(2)32-30(71-51)17-29-27-9-8-25-16-26(11-13-49(25,6)28(27)12-14-50(29,32)7)66-47-40(60)37(57)43(31(18-52)67-47)69-46-39(59)36(56)42(24(5)65-46)68-48-41(61)44(34(54)23(4)64-48)70-45-38(58)35(55)33(53)22(3)63-45/h8,20-24,26-48,52-61H,9-19H2,1-7H3. The zero-order valence-electron chi connectivity index (χ0n) is 42.1. The number of allylic oxidation sites excluding steroid dienone is 1. The van der Waals surface area contributed by atoms with E-state index < -0.39 is 135 Å². The molecule has 4 aliphatic carbocycles. The number of aliphatic hydroxyl groups excluding tert-OH is 10. The number of fused-ring (bicyclic) bond motifs is 7. The SMILES string of the molecule is CC1CCC2(OC1)OC1CC3C4CC=C5CC(OC6OC(CO)C(OC7OC(C)C(OC8OC(C)C(O)C(OC9OC(C)C(O)C(O)C9O)C8O)C(O)C7O)C(O)C6O)CCC5(C)C4CCC3(C)C1C2C. The van der Waals surface area contributed by atoms with Gasteiger partial charge in [-0.2, -0.15) is 0 Å². The first kappa shape index (κ1) is 53.3. The lowest BCUT2D eigenvalue weighted by Crippen LogP contribution is -2.66. The van der Waals surface area contributed by atoms with Crippen molar-refractivity contribution in [1.29, 1.82) is 0 Å². The Morgan fingerprint density at radius 3 is 1.87 bits per heavy atom. The fraction of sp³-hybridized carbons (Fsp3) is 0.961. The monoisotopic (exact) mass is 1010 g/mol. The maximum atomic E-state index is 11.5. The van der Waals surface area contributed by atoms with Crippen LogP contribution >= 0.6 is 0 Å². The highest BCUT2D eigenvalue weighted by molar-refractivity contribution is 5.26. The van der Waals surface area contributed by atoms with Crippen molar-refractivity contribution in [2.45, 2.75) is 247 Å². The molecule has 0 aromatic carbocycles. The maximum Gasteiger partial charge on any atom is 0.187 e. The normalized spacial score (nSPS) is 58.4. The van der Waals surface area contributed by atoms with Gasteiger partial charge in [-0.15, -0.1) is 0 Å². The zero-order valence-corrected chi connectivity index (χ0v) is 42.1. The molecule has 0 aromatic rings. The average Bonchev–Trinajstić information content (AvgIpc) is 3.79. The molecule has 20 heteroatoms. The van der Waals surface area contributed by atoms with Gasteiger partial charge in [0.05, 0.1) is 43.7 Å². The molecule has 0 radical (unpaired) electrons. The Hall–Kier alpha value is -1.06. The second-order valence-corrected chi connectivity index (χ2v) is 23.8. The van der Waals surface area contributed by atoms with E-state index in [0.29, 0.717) is 41.9 Å². The lowest BCUT2D eigenvalue weighted by Gasteiger charge is -2.58. The molecule has 0 amide bonds. The predicted octanol–water partition coefficient (Wildman–Crippen LogP) is 0.0935. The zero-order chi connectivity index (χ0) is 50.8. The third-order valence-corrected chi connectivity index (χ3v) is 19.7. The minimum absolute atomic E-state index is 0.00841. The summed E-state index contributed by atoms with van der Waals surface area (Å²) in [6, 6.07) is 0. The van der Waals surface area contributed by atoms with E-state index >= 15 is 0 Å². The highest BCUT2D eigenvalue weighted by Crippen LogP contribution is 2.70. The number of rotatable bonds is 9. The van der Waals surface area contributed by atoms with E-state index in [0.717, 1.165) is 51.6 Å². The van der Waals surface area contributed by atoms with Crippen LogP contribution in [-0.2, 0) is 47.4 Å². The summed E-state index contributed by atoms with van der Waals surface area (Å²) >= 11 is 0. The van der Waals surface area contributed by atoms with Gasteiger partial charge in [0.1, 0.15) is 79.4 Å². The molecule has 0 aromatic heterocycles. The van der Waals surface area contributed by atoms with E-state index in [9.17, 15) is 51.1 Å². The molecule has 9 fully saturated rings. The van der Waals surface area contributed by atoms with Crippen LogP contribution in [0.3, 0.4) is 0 Å². The van der Waals surface area contributed by atoms with Gasteiger partial charge in [-0.3, -0.25) is 0 Å². The Bertz CT molecular complexity index is 1890. The maximum absolute atomic E-state index is 11.5. The Labute approximate surface area is 415 Å². The molecule has 6 saturated heterocycles. The molecule has 10 N–H and O–H groups in total. The third kappa shape index (κ3) is 9.03. The van der Waals surface area contributed by atoms with Crippen molar-refractivity contribution in [3.8, 4) is 0 Å². The van der Waals surface area contributed by atoms with Gasteiger partial charge in [0, 0.05) is 12.3 Å². The quantitative estimate of drug-likeness (QED) is 0.137. The molecule has 20 nitrogen and oxygen atoms in total. The third-order valence-electron chi connectivity index (χ3n) is 19.7. The van der Waals surface area contributed by atoms with Crippen molar-refractivity contribution in [3.63, 3.8) is 0 Å². The van der Waals surface area contributed by atoms with Crippen molar-refractivity contribution in [2.75, 3.05) is 13.2 Å². The number of ether oxygens (including phenoxy) is 10. The summed E-state index contributed by atoms with van der Waals surface area (Å²) < 4.78 is 60.9. The second-order valence-electron chi connectivity index (χ2n) is 23.8. The summed E-state index contributed by atoms with van der Waals surface area (Å²) in [6.45, 7) is 14.1. The van der Waals surface area contributed by atoms with Crippen molar-refractivity contribution < 1.29 is 98.4 Å². The first-order valence-corrected chi connectivity index (χ1v) is 26.6. The molecule has 10 rings (SSSR count). The molecule has 3 saturated carbocycles. The Balaban J connectivity index is 0.737. The highest BCUT2D eigenvalue weighted by Gasteiger charge is 2.69. The molecule has 406 valence electrons. The van der Waals surface area contributed by atoms with Gasteiger partial charge in [-0.25, -0.2) is 0 Å². The van der Waals surface area contributed by atoms with Gasteiger partial charge in [0.2, 0.25) is 0 Å². The van der Waals surface area contributed by atoms with Crippen molar-refractivity contribution >= 4 is 0 Å². The molecule has 31 atom stereocenters. The Morgan fingerprint density at radius 1 is 0.592 bits per heavy atom. The minimum atomic E-state index is -1.83. The van der Waals surface area contributed by atoms with E-state index in [2.05, 4.69) is 33.8 Å². The van der Waals surface area contributed by atoms with Crippen LogP contribution < -0.4 is 0 Å². The van der Waals surface area contributed by atoms with Crippen molar-refractivity contribution in [1.82, 2.24) is 0 Å². The van der Waals surface area contributed by atoms with Crippen molar-refractivity contribution in [3.05, 3.63) is 11.6 Å². The first-order chi connectivity index (χ1) is 33.6. The van der Waals surface area contributed by atoms with E-state index in [1.165, 1.54) is 32.8 Å². The van der Waals surface area contributed by atoms with E-state index in [1.54, 1.807) is 0 Å². The first-order valence-electron chi connectivity index (χ1n) is 26.6. The summed E-state index contributed by atoms with van der Waals surface area (Å²) in [5.41, 5.74) is 1.58. The van der Waals surface area contributed by atoms with Crippen LogP contribution in [0.1, 0.15) is 106 Å². The molecule has 0 bridgehead atoms. The molecule has 1 spiro atoms. The van der Waals surface area contributed by atoms with Gasteiger partial charge in [-0.05, 0) is 113 Å². The topological polar surface area (TPSA) is 295 Å². The van der Waals surface area contributed by atoms with Crippen LogP contribution in [0.25, 0.3) is 0 Å². The predicted molar refractivity (Wildman–Crippen MR) is 244 cm³/mol. The van der Waals surface area contributed by atoms with Crippen LogP contribution in [0.15, 0.2) is 11.6 Å². The smallest absolute Gasteiger partial charge is 0.187 e. The van der Waals surface area contributed by atoms with Gasteiger partial charge in [-0.1, -0.05) is 39.3 Å². The summed E-state index contributed by atoms with van der Waals surface area (Å²) in [4.78, 5) is 0. The second kappa shape index (κ2) is 20.1. The van der Waals surface area contributed by atoms with Crippen LogP contribution in [0.5, 0.6) is 0 Å². The van der Waals surface area contributed by atoms with E-state index in [-0.39, 0.29) is 23.0 Å². The molecular weight excluding hydrogens is 933 g/mol. The van der Waals surface area contributed by atoms with Crippen LogP contribution in [0.4, 0.5) is 0 Å². The van der Waals surface area contributed by atoms with Gasteiger partial charge < -0.3 is 98.4 Å². The number of hydrogen-bond donors (Lipinski definition) is 10. The molecule has 6 aliphatic heterocycles. The Kier molecular flexibility index (Phi) is 15.1. The summed E-state index contributed by atoms with van der Waals surface area (Å²) in [6.07, 6.45) is -18.4. The van der Waals surface area contributed by atoms with Gasteiger partial charge >= 0.3 is 0 Å². The lowest BCUT2D eigenvalue weighted by molar-refractivity contribution is -0.385. The fourth-order valence-electron chi connectivity index (χ4n) is 15.5. The Morgan fingerprint density at radius 2 is 1.20 bits per heavy atom. The number of aliphatic hydroxyl groups is 10. The summed E-state index contributed by atoms with van der Waals surface area (Å²) in [7, 11) is 0. The highest BCUT2D eigenvalue weighted by atomic mass is 16.8. The molecule has 6 heterocycles.